The average Bonchev–Trinajstić information content (AvgIpc) is 2.13. The summed E-state index contributed by atoms with van der Waals surface area (Å²) in [5.41, 5.74) is 0. The Morgan fingerprint density at radius 1 is 1.36 bits per heavy atom. The number of esters is 1. The molecule has 0 amide bonds. The third-order valence-corrected chi connectivity index (χ3v) is 2.94. The lowest BCUT2D eigenvalue weighted by Crippen LogP contribution is -2.40. The monoisotopic (exact) mass is 300 g/mol. The van der Waals surface area contributed by atoms with Gasteiger partial charge in [-0.15, -0.1) is 0 Å². The quantitative estimate of drug-likeness (QED) is 0.644. The number of halogens is 5. The summed E-state index contributed by atoms with van der Waals surface area (Å²) in [5, 5.41) is 8.95. The van der Waals surface area contributed by atoms with Crippen LogP contribution in [-0.2, 0) is 9.53 Å². The van der Waals surface area contributed by atoms with Gasteiger partial charge in [0.05, 0.1) is 12.1 Å². The second-order valence-electron chi connectivity index (χ2n) is 2.13. The van der Waals surface area contributed by atoms with Gasteiger partial charge >= 0.3 is 5.97 Å². The molecule has 0 heterocycles. The predicted octanol–water partition coefficient (Wildman–Crippen LogP) is 2.58. The van der Waals surface area contributed by atoms with E-state index in [9.17, 15) is 9.90 Å². The Labute approximate surface area is 105 Å². The van der Waals surface area contributed by atoms with E-state index in [1.807, 2.05) is 0 Å². The van der Waals surface area contributed by atoms with Crippen LogP contribution < -0.4 is 0 Å². The third-order valence-electron chi connectivity index (χ3n) is 1.22. The first-order valence-electron chi connectivity index (χ1n) is 3.10. The molecule has 0 aliphatic carbocycles. The number of methoxy groups -OCH3 is 1. The fourth-order valence-corrected chi connectivity index (χ4v) is 1.36. The summed E-state index contributed by atoms with van der Waals surface area (Å²) in [5.74, 6) is -1.07. The van der Waals surface area contributed by atoms with Gasteiger partial charge in [-0.3, -0.25) is 0 Å². The lowest BCUT2D eigenvalue weighted by molar-refractivity contribution is -0.143. The number of aliphatic hydroxyl groups is 1. The molecule has 0 saturated heterocycles. The number of carbonyl (C=O) groups excluding carboxylic acids is 1. The van der Waals surface area contributed by atoms with E-state index in [2.05, 4.69) is 4.74 Å². The van der Waals surface area contributed by atoms with Crippen molar-refractivity contribution in [2.75, 3.05) is 7.11 Å². The van der Waals surface area contributed by atoms with Crippen molar-refractivity contribution in [1.82, 2.24) is 0 Å². The molecule has 0 bridgehead atoms. The molecule has 1 N–H and O–H groups in total. The standard InChI is InChI=1S/C6H5Cl5O3/c1-14-5(13)6(10,11)3(12)2(7)4(8)9/h3,12H,1H3/t3-/m0/s1. The topological polar surface area (TPSA) is 46.5 Å². The molecule has 0 unspecified atom stereocenters. The number of rotatable bonds is 3. The summed E-state index contributed by atoms with van der Waals surface area (Å²) < 4.78 is 1.55. The van der Waals surface area contributed by atoms with Gasteiger partial charge in [-0.2, -0.15) is 0 Å². The van der Waals surface area contributed by atoms with Gasteiger partial charge < -0.3 is 9.84 Å². The minimum atomic E-state index is -2.25. The van der Waals surface area contributed by atoms with E-state index < -0.39 is 25.9 Å². The zero-order chi connectivity index (χ0) is 11.5. The van der Waals surface area contributed by atoms with Gasteiger partial charge in [-0.1, -0.05) is 58.0 Å². The smallest absolute Gasteiger partial charge is 0.345 e. The molecule has 8 heteroatoms. The molecule has 0 aliphatic rings. The van der Waals surface area contributed by atoms with Crippen LogP contribution in [0.2, 0.25) is 0 Å². The van der Waals surface area contributed by atoms with E-state index in [0.29, 0.717) is 0 Å². The van der Waals surface area contributed by atoms with Crippen LogP contribution in [0.3, 0.4) is 0 Å². The molecule has 0 fully saturated rings. The van der Waals surface area contributed by atoms with E-state index >= 15 is 0 Å². The van der Waals surface area contributed by atoms with Crippen LogP contribution in [0.1, 0.15) is 0 Å². The van der Waals surface area contributed by atoms with Crippen LogP contribution in [0, 0.1) is 0 Å². The number of hydrogen-bond donors (Lipinski definition) is 1. The number of alkyl halides is 2. The van der Waals surface area contributed by atoms with Crippen molar-refractivity contribution in [3.63, 3.8) is 0 Å². The van der Waals surface area contributed by atoms with Crippen molar-refractivity contribution in [3.05, 3.63) is 9.52 Å². The maximum atomic E-state index is 11.0. The van der Waals surface area contributed by atoms with Gasteiger partial charge in [-0.25, -0.2) is 4.79 Å². The van der Waals surface area contributed by atoms with Crippen molar-refractivity contribution in [3.8, 4) is 0 Å². The summed E-state index contributed by atoms with van der Waals surface area (Å²) in [6, 6.07) is 0. The number of hydrogen-bond acceptors (Lipinski definition) is 3. The van der Waals surface area contributed by atoms with Crippen LogP contribution >= 0.6 is 58.0 Å². The van der Waals surface area contributed by atoms with Crippen LogP contribution in [-0.4, -0.2) is 28.6 Å². The Bertz CT molecular complexity index is 258. The van der Waals surface area contributed by atoms with E-state index in [1.54, 1.807) is 0 Å². The van der Waals surface area contributed by atoms with Crippen molar-refractivity contribution in [1.29, 1.82) is 0 Å². The van der Waals surface area contributed by atoms with Gasteiger partial charge in [0.1, 0.15) is 10.6 Å². The van der Waals surface area contributed by atoms with Gasteiger partial charge in [0.2, 0.25) is 4.33 Å². The first-order chi connectivity index (χ1) is 6.25. The highest BCUT2D eigenvalue weighted by Gasteiger charge is 2.45. The van der Waals surface area contributed by atoms with E-state index in [4.69, 9.17) is 58.0 Å². The fourth-order valence-electron chi connectivity index (χ4n) is 0.510. The Kier molecular flexibility index (Phi) is 5.88. The average molecular weight is 302 g/mol. The molecule has 0 aliphatic heterocycles. The van der Waals surface area contributed by atoms with Crippen LogP contribution in [0.5, 0.6) is 0 Å². The number of aliphatic hydroxyl groups excluding tert-OH is 1. The zero-order valence-electron chi connectivity index (χ0n) is 6.73. The van der Waals surface area contributed by atoms with Crippen molar-refractivity contribution in [2.24, 2.45) is 0 Å². The highest BCUT2D eigenvalue weighted by molar-refractivity contribution is 6.61. The molecule has 0 saturated carbocycles. The molecule has 0 radical (unpaired) electrons. The predicted molar refractivity (Wildman–Crippen MR) is 57.0 cm³/mol. The minimum absolute atomic E-state index is 0.436. The summed E-state index contributed by atoms with van der Waals surface area (Å²) in [7, 11) is 1.05. The maximum absolute atomic E-state index is 11.0. The maximum Gasteiger partial charge on any atom is 0.345 e. The second-order valence-corrected chi connectivity index (χ2v) is 4.87. The molecule has 0 rings (SSSR count). The third kappa shape index (κ3) is 3.33. The van der Waals surface area contributed by atoms with Crippen LogP contribution in [0.4, 0.5) is 0 Å². The van der Waals surface area contributed by atoms with E-state index in [-0.39, 0.29) is 0 Å². The minimum Gasteiger partial charge on any atom is -0.467 e. The summed E-state index contributed by atoms with van der Waals surface area (Å²) >= 11 is 26.9. The van der Waals surface area contributed by atoms with Gasteiger partial charge in [0.25, 0.3) is 0 Å². The van der Waals surface area contributed by atoms with E-state index in [0.717, 1.165) is 7.11 Å². The first-order valence-corrected chi connectivity index (χ1v) is 4.99. The Morgan fingerprint density at radius 3 is 2.07 bits per heavy atom. The van der Waals surface area contributed by atoms with Crippen LogP contribution in [0.15, 0.2) is 9.52 Å². The Morgan fingerprint density at radius 2 is 1.79 bits per heavy atom. The second kappa shape index (κ2) is 5.64. The number of ether oxygens (including phenoxy) is 1. The summed E-state index contributed by atoms with van der Waals surface area (Å²) in [6.07, 6.45) is -1.76. The lowest BCUT2D eigenvalue weighted by Gasteiger charge is -2.22. The SMILES string of the molecule is COC(=O)C(Cl)(Cl)[C@@H](O)C(Cl)=C(Cl)Cl. The summed E-state index contributed by atoms with van der Waals surface area (Å²) in [4.78, 5) is 11.0. The highest BCUT2D eigenvalue weighted by Crippen LogP contribution is 2.35. The van der Waals surface area contributed by atoms with Gasteiger partial charge in [0, 0.05) is 0 Å². The molecule has 1 atom stereocenters. The molecule has 0 spiro atoms. The normalized spacial score (nSPS) is 13.4. The molecule has 3 nitrogen and oxygen atoms in total. The molecule has 0 aromatic rings. The van der Waals surface area contributed by atoms with E-state index in [1.165, 1.54) is 0 Å². The fraction of sp³-hybridized carbons (Fsp3) is 0.500. The first kappa shape index (κ1) is 14.6. The van der Waals surface area contributed by atoms with Gasteiger partial charge in [-0.05, 0) is 0 Å². The van der Waals surface area contributed by atoms with Gasteiger partial charge in [0.15, 0.2) is 0 Å². The van der Waals surface area contributed by atoms with Crippen molar-refractivity contribution in [2.45, 2.75) is 10.4 Å². The number of carbonyl (C=O) groups is 1. The molecular formula is C6H5Cl5O3. The molecule has 0 aromatic carbocycles. The lowest BCUT2D eigenvalue weighted by atomic mass is 10.2. The zero-order valence-corrected chi connectivity index (χ0v) is 10.5. The molecule has 82 valence electrons. The largest absolute Gasteiger partial charge is 0.467 e. The molecule has 14 heavy (non-hydrogen) atoms. The highest BCUT2D eigenvalue weighted by atomic mass is 35.5. The summed E-state index contributed by atoms with van der Waals surface area (Å²) in [6.45, 7) is 0. The molecule has 0 aromatic heterocycles. The molecular weight excluding hydrogens is 297 g/mol. The Balaban J connectivity index is 4.93. The van der Waals surface area contributed by atoms with Crippen molar-refractivity contribution < 1.29 is 14.6 Å². The van der Waals surface area contributed by atoms with Crippen LogP contribution in [0.25, 0.3) is 0 Å². The Hall–Kier alpha value is 0.620. The van der Waals surface area contributed by atoms with Crippen molar-refractivity contribution >= 4 is 64.0 Å².